The van der Waals surface area contributed by atoms with Crippen LogP contribution in [0.5, 0.6) is 11.5 Å². The van der Waals surface area contributed by atoms with E-state index < -0.39 is 0 Å². The van der Waals surface area contributed by atoms with Crippen LogP contribution in [0.3, 0.4) is 0 Å². The molecule has 0 bridgehead atoms. The highest BCUT2D eigenvalue weighted by Crippen LogP contribution is 2.32. The molecule has 0 unspecified atom stereocenters. The van der Waals surface area contributed by atoms with Crippen molar-refractivity contribution in [3.05, 3.63) is 59.3 Å². The summed E-state index contributed by atoms with van der Waals surface area (Å²) in [6.07, 6.45) is 1.89. The number of para-hydroxylation sites is 2. The molecule has 0 atom stereocenters. The Bertz CT molecular complexity index is 1040. The van der Waals surface area contributed by atoms with Gasteiger partial charge in [-0.05, 0) is 42.7 Å². The van der Waals surface area contributed by atoms with Gasteiger partial charge in [-0.25, -0.2) is 4.79 Å². The molecule has 2 heterocycles. The molecule has 2 aliphatic heterocycles. The molecule has 0 fully saturated rings. The maximum atomic E-state index is 12.6. The van der Waals surface area contributed by atoms with Crippen molar-refractivity contribution in [1.82, 2.24) is 0 Å². The lowest BCUT2D eigenvalue weighted by molar-refractivity contribution is -0.136. The number of methoxy groups -OCH3 is 1. The van der Waals surface area contributed by atoms with Crippen molar-refractivity contribution in [3.63, 3.8) is 0 Å². The number of esters is 1. The van der Waals surface area contributed by atoms with Crippen molar-refractivity contribution in [3.8, 4) is 11.5 Å². The molecule has 0 saturated carbocycles. The molecule has 168 valence electrons. The molecule has 1 amide bonds. The van der Waals surface area contributed by atoms with Gasteiger partial charge >= 0.3 is 5.97 Å². The molecule has 7 nitrogen and oxygen atoms in total. The second-order valence-electron chi connectivity index (χ2n) is 7.49. The molecule has 0 aliphatic carbocycles. The van der Waals surface area contributed by atoms with E-state index in [1.165, 1.54) is 7.11 Å². The summed E-state index contributed by atoms with van der Waals surface area (Å²) < 4.78 is 16.0. The minimum absolute atomic E-state index is 0.0558. The first-order chi connectivity index (χ1) is 15.6. The molecule has 0 aromatic heterocycles. The maximum absolute atomic E-state index is 12.6. The lowest BCUT2D eigenvalue weighted by atomic mass is 10.1. The number of carbonyl (C=O) groups excluding carboxylic acids is 2. The fraction of sp³-hybridized carbons (Fsp3) is 0.333. The summed E-state index contributed by atoms with van der Waals surface area (Å²) in [6.45, 7) is 1.13. The van der Waals surface area contributed by atoms with Gasteiger partial charge in [-0.3, -0.25) is 4.79 Å². The van der Waals surface area contributed by atoms with Crippen LogP contribution >= 0.6 is 11.8 Å². The van der Waals surface area contributed by atoms with Gasteiger partial charge < -0.3 is 24.8 Å². The largest absolute Gasteiger partial charge is 0.486 e. The van der Waals surface area contributed by atoms with Crippen LogP contribution in [0.25, 0.3) is 0 Å². The van der Waals surface area contributed by atoms with E-state index in [1.54, 1.807) is 11.8 Å². The van der Waals surface area contributed by atoms with E-state index in [9.17, 15) is 9.59 Å². The maximum Gasteiger partial charge on any atom is 0.336 e. The highest BCUT2D eigenvalue weighted by Gasteiger charge is 2.23. The van der Waals surface area contributed by atoms with Crippen LogP contribution in [0.2, 0.25) is 0 Å². The van der Waals surface area contributed by atoms with Crippen LogP contribution in [0.15, 0.2) is 53.7 Å². The summed E-state index contributed by atoms with van der Waals surface area (Å²) in [6, 6.07) is 13.4. The minimum Gasteiger partial charge on any atom is -0.486 e. The Kier molecular flexibility index (Phi) is 7.21. The van der Waals surface area contributed by atoms with E-state index in [0.29, 0.717) is 42.4 Å². The van der Waals surface area contributed by atoms with Gasteiger partial charge in [0, 0.05) is 23.6 Å². The zero-order valence-electron chi connectivity index (χ0n) is 17.9. The second-order valence-corrected chi connectivity index (χ2v) is 8.48. The predicted molar refractivity (Wildman–Crippen MR) is 125 cm³/mol. The van der Waals surface area contributed by atoms with Crippen molar-refractivity contribution in [2.24, 2.45) is 0 Å². The summed E-state index contributed by atoms with van der Waals surface area (Å²) in [7, 11) is 1.38. The summed E-state index contributed by atoms with van der Waals surface area (Å²) in [4.78, 5) is 24.5. The van der Waals surface area contributed by atoms with Crippen molar-refractivity contribution < 1.29 is 23.8 Å². The van der Waals surface area contributed by atoms with E-state index in [-0.39, 0.29) is 11.9 Å². The number of benzene rings is 2. The average molecular weight is 455 g/mol. The third kappa shape index (κ3) is 5.37. The number of amides is 1. The molecule has 0 saturated heterocycles. The van der Waals surface area contributed by atoms with E-state index in [0.717, 1.165) is 41.3 Å². The first kappa shape index (κ1) is 22.1. The fourth-order valence-corrected chi connectivity index (χ4v) is 4.67. The quantitative estimate of drug-likeness (QED) is 0.583. The first-order valence-electron chi connectivity index (χ1n) is 10.6. The molecule has 2 aromatic rings. The lowest BCUT2D eigenvalue weighted by Crippen LogP contribution is -2.16. The SMILES string of the molecule is COC(=O)C1=C(Nc2ccccc2NC(=O)CCCc2ccc3c(c2)OCCO3)CSC1. The topological polar surface area (TPSA) is 85.9 Å². The molecule has 32 heavy (non-hydrogen) atoms. The van der Waals surface area contributed by atoms with E-state index in [1.807, 2.05) is 42.5 Å². The Morgan fingerprint density at radius 2 is 1.81 bits per heavy atom. The van der Waals surface area contributed by atoms with Crippen LogP contribution in [-0.4, -0.2) is 43.7 Å². The third-order valence-corrected chi connectivity index (χ3v) is 6.24. The van der Waals surface area contributed by atoms with E-state index >= 15 is 0 Å². The Hall–Kier alpha value is -3.13. The van der Waals surface area contributed by atoms with Crippen molar-refractivity contribution in [2.75, 3.05) is 42.5 Å². The average Bonchev–Trinajstić information content (AvgIpc) is 3.28. The van der Waals surface area contributed by atoms with Gasteiger partial charge in [0.15, 0.2) is 11.5 Å². The van der Waals surface area contributed by atoms with Crippen LogP contribution in [0.1, 0.15) is 18.4 Å². The molecule has 2 N–H and O–H groups in total. The van der Waals surface area contributed by atoms with E-state index in [2.05, 4.69) is 10.6 Å². The second kappa shape index (κ2) is 10.5. The van der Waals surface area contributed by atoms with Crippen LogP contribution in [0.4, 0.5) is 11.4 Å². The molecular weight excluding hydrogens is 428 g/mol. The smallest absolute Gasteiger partial charge is 0.336 e. The number of carbonyl (C=O) groups is 2. The van der Waals surface area contributed by atoms with Gasteiger partial charge in [-0.1, -0.05) is 18.2 Å². The molecule has 0 radical (unpaired) electrons. The Labute approximate surface area is 191 Å². The van der Waals surface area contributed by atoms with Gasteiger partial charge in [0.1, 0.15) is 13.2 Å². The van der Waals surface area contributed by atoms with Crippen LogP contribution in [0, 0.1) is 0 Å². The van der Waals surface area contributed by atoms with E-state index in [4.69, 9.17) is 14.2 Å². The van der Waals surface area contributed by atoms with Crippen molar-refractivity contribution >= 4 is 35.0 Å². The van der Waals surface area contributed by atoms with Gasteiger partial charge in [-0.15, -0.1) is 0 Å². The molecule has 0 spiro atoms. The zero-order valence-corrected chi connectivity index (χ0v) is 18.8. The number of thioether (sulfide) groups is 1. The number of nitrogens with one attached hydrogen (secondary N) is 2. The highest BCUT2D eigenvalue weighted by atomic mass is 32.2. The zero-order chi connectivity index (χ0) is 22.3. The Balaban J connectivity index is 1.33. The fourth-order valence-electron chi connectivity index (χ4n) is 3.62. The van der Waals surface area contributed by atoms with Gasteiger partial charge in [0.2, 0.25) is 5.91 Å². The number of hydrogen-bond acceptors (Lipinski definition) is 7. The number of fused-ring (bicyclic) bond motifs is 1. The number of hydrogen-bond donors (Lipinski definition) is 2. The molecule has 2 aromatic carbocycles. The number of ether oxygens (including phenoxy) is 3. The summed E-state index contributed by atoms with van der Waals surface area (Å²) in [5.41, 5.74) is 4.02. The van der Waals surface area contributed by atoms with Crippen molar-refractivity contribution in [2.45, 2.75) is 19.3 Å². The standard InChI is InChI=1S/C24H26N2O5S/c1-29-24(28)17-14-32-15-20(17)25-18-6-2-3-7-19(18)26-23(27)8-4-5-16-9-10-21-22(13-16)31-12-11-30-21/h2-3,6-7,9-10,13,25H,4-5,8,11-12,14-15H2,1H3,(H,26,27). The monoisotopic (exact) mass is 454 g/mol. The normalized spacial score (nSPS) is 14.8. The third-order valence-electron chi connectivity index (χ3n) is 5.25. The van der Waals surface area contributed by atoms with Crippen LogP contribution < -0.4 is 20.1 Å². The first-order valence-corrected chi connectivity index (χ1v) is 11.7. The molecular formula is C24H26N2O5S. The Morgan fingerprint density at radius 1 is 1.03 bits per heavy atom. The summed E-state index contributed by atoms with van der Waals surface area (Å²) in [5, 5.41) is 6.30. The van der Waals surface area contributed by atoms with Gasteiger partial charge in [0.05, 0.1) is 24.1 Å². The van der Waals surface area contributed by atoms with Gasteiger partial charge in [-0.2, -0.15) is 11.8 Å². The molecule has 4 rings (SSSR count). The predicted octanol–water partition coefficient (Wildman–Crippen LogP) is 4.01. The molecule has 2 aliphatic rings. The molecule has 8 heteroatoms. The number of rotatable bonds is 8. The van der Waals surface area contributed by atoms with Crippen LogP contribution in [-0.2, 0) is 20.7 Å². The number of aryl methyl sites for hydroxylation is 1. The van der Waals surface area contributed by atoms with Crippen molar-refractivity contribution in [1.29, 1.82) is 0 Å². The summed E-state index contributed by atoms with van der Waals surface area (Å²) in [5.74, 6) is 2.47. The number of anilines is 2. The Morgan fingerprint density at radius 3 is 2.62 bits per heavy atom. The summed E-state index contributed by atoms with van der Waals surface area (Å²) >= 11 is 1.65. The lowest BCUT2D eigenvalue weighted by Gasteiger charge is -2.18. The minimum atomic E-state index is -0.321. The van der Waals surface area contributed by atoms with Gasteiger partial charge in [0.25, 0.3) is 0 Å². The highest BCUT2D eigenvalue weighted by molar-refractivity contribution is 8.00.